The summed E-state index contributed by atoms with van der Waals surface area (Å²) in [7, 11) is 3.75. The second-order valence-corrected chi connectivity index (χ2v) is 5.08. The number of halogens is 1. The van der Waals surface area contributed by atoms with Gasteiger partial charge in [-0.1, -0.05) is 6.07 Å². The first-order valence-electron chi connectivity index (χ1n) is 6.73. The van der Waals surface area contributed by atoms with E-state index in [1.807, 2.05) is 51.0 Å². The van der Waals surface area contributed by atoms with E-state index in [1.54, 1.807) is 12.3 Å². The van der Waals surface area contributed by atoms with Gasteiger partial charge >= 0.3 is 0 Å². The summed E-state index contributed by atoms with van der Waals surface area (Å²) in [6, 6.07) is 7.43. The van der Waals surface area contributed by atoms with Crippen molar-refractivity contribution in [3.05, 3.63) is 53.2 Å². The highest BCUT2D eigenvalue weighted by Crippen LogP contribution is 2.24. The smallest absolute Gasteiger partial charge is 0.146 e. The molecular formula is C16H21FN2O. The van der Waals surface area contributed by atoms with Gasteiger partial charge in [-0.3, -0.25) is 0 Å². The Morgan fingerprint density at radius 3 is 2.65 bits per heavy atom. The molecule has 1 atom stereocenters. The van der Waals surface area contributed by atoms with Gasteiger partial charge in [-0.15, -0.1) is 0 Å². The Morgan fingerprint density at radius 1 is 1.35 bits per heavy atom. The molecule has 20 heavy (non-hydrogen) atoms. The molecule has 2 aromatic rings. The molecule has 1 heterocycles. The first kappa shape index (κ1) is 14.6. The van der Waals surface area contributed by atoms with E-state index >= 15 is 0 Å². The van der Waals surface area contributed by atoms with Crippen LogP contribution in [0.5, 0.6) is 0 Å². The number of nitrogens with zero attached hydrogens (tertiary/aromatic N) is 1. The molecule has 2 rings (SSSR count). The van der Waals surface area contributed by atoms with Gasteiger partial charge < -0.3 is 14.6 Å². The zero-order valence-corrected chi connectivity index (χ0v) is 12.4. The summed E-state index contributed by atoms with van der Waals surface area (Å²) in [5.74, 6) is 0.672. The summed E-state index contributed by atoms with van der Waals surface area (Å²) in [6.07, 6.45) is 1.66. The summed E-state index contributed by atoms with van der Waals surface area (Å²) >= 11 is 0. The van der Waals surface area contributed by atoms with Crippen LogP contribution in [0.15, 0.2) is 34.9 Å². The topological polar surface area (TPSA) is 28.4 Å². The number of aryl methyl sites for hydroxylation is 1. The lowest BCUT2D eigenvalue weighted by Crippen LogP contribution is -2.19. The Kier molecular flexibility index (Phi) is 4.45. The highest BCUT2D eigenvalue weighted by Gasteiger charge is 2.12. The number of hydrogen-bond donors (Lipinski definition) is 1. The first-order valence-corrected chi connectivity index (χ1v) is 6.73. The fraction of sp³-hybridized carbons (Fsp3) is 0.375. The number of rotatable bonds is 5. The minimum Gasteiger partial charge on any atom is -0.469 e. The molecule has 108 valence electrons. The molecule has 1 N–H and O–H groups in total. The van der Waals surface area contributed by atoms with Crippen LogP contribution < -0.4 is 10.2 Å². The van der Waals surface area contributed by atoms with Crippen molar-refractivity contribution in [2.24, 2.45) is 0 Å². The quantitative estimate of drug-likeness (QED) is 0.903. The Balaban J connectivity index is 2.18. The van der Waals surface area contributed by atoms with E-state index in [1.165, 1.54) is 0 Å². The van der Waals surface area contributed by atoms with Crippen molar-refractivity contribution in [1.82, 2.24) is 5.32 Å². The number of anilines is 1. The first-order chi connectivity index (χ1) is 9.52. The third-order valence-corrected chi connectivity index (χ3v) is 3.69. The molecule has 4 heteroatoms. The number of nitrogens with one attached hydrogen (secondary N) is 1. The molecule has 0 saturated carbocycles. The maximum absolute atomic E-state index is 14.2. The van der Waals surface area contributed by atoms with Crippen LogP contribution in [0.25, 0.3) is 0 Å². The molecule has 0 saturated heterocycles. The fourth-order valence-electron chi connectivity index (χ4n) is 2.18. The molecular weight excluding hydrogens is 255 g/mol. The predicted molar refractivity (Wildman–Crippen MR) is 79.4 cm³/mol. The van der Waals surface area contributed by atoms with Crippen molar-refractivity contribution in [2.45, 2.75) is 26.4 Å². The molecule has 1 aromatic heterocycles. The normalized spacial score (nSPS) is 12.4. The maximum Gasteiger partial charge on any atom is 0.146 e. The second kappa shape index (κ2) is 6.09. The minimum atomic E-state index is -0.201. The van der Waals surface area contributed by atoms with Gasteiger partial charge in [-0.2, -0.15) is 0 Å². The Morgan fingerprint density at radius 2 is 2.10 bits per heavy atom. The fourth-order valence-corrected chi connectivity index (χ4v) is 2.18. The van der Waals surface area contributed by atoms with E-state index < -0.39 is 0 Å². The van der Waals surface area contributed by atoms with Crippen LogP contribution in [0.4, 0.5) is 10.1 Å². The van der Waals surface area contributed by atoms with E-state index in [0.717, 1.165) is 16.9 Å². The van der Waals surface area contributed by atoms with Crippen LogP contribution in [0.3, 0.4) is 0 Å². The van der Waals surface area contributed by atoms with Crippen molar-refractivity contribution < 1.29 is 8.81 Å². The zero-order chi connectivity index (χ0) is 14.7. The zero-order valence-electron chi connectivity index (χ0n) is 12.4. The molecule has 0 aliphatic carbocycles. The van der Waals surface area contributed by atoms with Gasteiger partial charge in [0.25, 0.3) is 0 Å². The lowest BCUT2D eigenvalue weighted by molar-refractivity contribution is 0.529. The minimum absolute atomic E-state index is 0.139. The molecule has 1 unspecified atom stereocenters. The van der Waals surface area contributed by atoms with E-state index in [2.05, 4.69) is 5.32 Å². The van der Waals surface area contributed by atoms with Crippen molar-refractivity contribution in [1.29, 1.82) is 0 Å². The monoisotopic (exact) mass is 276 g/mol. The maximum atomic E-state index is 14.2. The van der Waals surface area contributed by atoms with Crippen molar-refractivity contribution in [3.8, 4) is 0 Å². The highest BCUT2D eigenvalue weighted by atomic mass is 19.1. The molecule has 3 nitrogen and oxygen atoms in total. The molecule has 0 fully saturated rings. The number of benzene rings is 1. The van der Waals surface area contributed by atoms with Crippen LogP contribution in [0.1, 0.15) is 29.9 Å². The summed E-state index contributed by atoms with van der Waals surface area (Å²) in [5, 5.41) is 3.11. The SMILES string of the molecule is CNC(C)c1ccc(N(C)Cc2ccoc2C)c(F)c1. The van der Waals surface area contributed by atoms with Crippen LogP contribution >= 0.6 is 0 Å². The molecule has 1 aromatic carbocycles. The van der Waals surface area contributed by atoms with E-state index in [4.69, 9.17) is 4.42 Å². The summed E-state index contributed by atoms with van der Waals surface area (Å²) in [6.45, 7) is 4.55. The molecule has 0 spiro atoms. The van der Waals surface area contributed by atoms with Crippen molar-refractivity contribution in [3.63, 3.8) is 0 Å². The Labute approximate surface area is 119 Å². The summed E-state index contributed by atoms with van der Waals surface area (Å²) in [4.78, 5) is 1.89. The van der Waals surface area contributed by atoms with Crippen LogP contribution in [0, 0.1) is 12.7 Å². The van der Waals surface area contributed by atoms with E-state index in [9.17, 15) is 4.39 Å². The van der Waals surface area contributed by atoms with Gasteiger partial charge in [0.2, 0.25) is 0 Å². The Bertz CT molecular complexity index is 580. The third kappa shape index (κ3) is 3.02. The van der Waals surface area contributed by atoms with Gasteiger partial charge in [0, 0.05) is 25.2 Å². The predicted octanol–water partition coefficient (Wildman–Crippen LogP) is 3.64. The molecule has 0 radical (unpaired) electrons. The number of furan rings is 1. The summed E-state index contributed by atoms with van der Waals surface area (Å²) in [5.41, 5.74) is 2.61. The van der Waals surface area contributed by atoms with Crippen LogP contribution in [-0.4, -0.2) is 14.1 Å². The van der Waals surface area contributed by atoms with Gasteiger partial charge in [0.05, 0.1) is 12.0 Å². The third-order valence-electron chi connectivity index (χ3n) is 3.69. The number of hydrogen-bond acceptors (Lipinski definition) is 3. The standard InChI is InChI=1S/C16H21FN2O/c1-11(18-3)13-5-6-16(15(17)9-13)19(4)10-14-7-8-20-12(14)2/h5-9,11,18H,10H2,1-4H3. The lowest BCUT2D eigenvalue weighted by Gasteiger charge is -2.21. The largest absolute Gasteiger partial charge is 0.469 e. The summed E-state index contributed by atoms with van der Waals surface area (Å²) < 4.78 is 19.5. The Hall–Kier alpha value is -1.81. The van der Waals surface area contributed by atoms with E-state index in [-0.39, 0.29) is 11.9 Å². The average molecular weight is 276 g/mol. The highest BCUT2D eigenvalue weighted by molar-refractivity contribution is 5.49. The van der Waals surface area contributed by atoms with Gasteiger partial charge in [0.1, 0.15) is 11.6 Å². The molecule has 0 amide bonds. The average Bonchev–Trinajstić information content (AvgIpc) is 2.83. The van der Waals surface area contributed by atoms with E-state index in [0.29, 0.717) is 12.2 Å². The molecule has 0 aliphatic heterocycles. The van der Waals surface area contributed by atoms with Crippen LogP contribution in [0.2, 0.25) is 0 Å². The van der Waals surface area contributed by atoms with Gasteiger partial charge in [-0.25, -0.2) is 4.39 Å². The van der Waals surface area contributed by atoms with Crippen molar-refractivity contribution in [2.75, 3.05) is 19.0 Å². The van der Waals surface area contributed by atoms with Crippen LogP contribution in [-0.2, 0) is 6.54 Å². The van der Waals surface area contributed by atoms with Gasteiger partial charge in [0.15, 0.2) is 0 Å². The molecule has 0 aliphatic rings. The van der Waals surface area contributed by atoms with Crippen molar-refractivity contribution >= 4 is 5.69 Å². The molecule has 0 bridgehead atoms. The van der Waals surface area contributed by atoms with Gasteiger partial charge in [-0.05, 0) is 44.7 Å². The second-order valence-electron chi connectivity index (χ2n) is 5.08. The lowest BCUT2D eigenvalue weighted by atomic mass is 10.1.